The summed E-state index contributed by atoms with van der Waals surface area (Å²) in [5.41, 5.74) is 0. The van der Waals surface area contributed by atoms with E-state index in [1.807, 2.05) is 12.2 Å². The molecule has 3 rings (SSSR count). The van der Waals surface area contributed by atoms with E-state index in [2.05, 4.69) is 135 Å². The molecule has 19 heteroatoms. The van der Waals surface area contributed by atoms with Gasteiger partial charge in [-0.1, -0.05) is 257 Å². The van der Waals surface area contributed by atoms with Crippen LogP contribution in [0, 0.1) is 0 Å². The molecule has 0 aromatic rings. The van der Waals surface area contributed by atoms with Gasteiger partial charge in [0.15, 0.2) is 18.9 Å². The fourth-order valence-electron chi connectivity index (χ4n) is 11.7. The highest BCUT2D eigenvalue weighted by Gasteiger charge is 2.53. The van der Waals surface area contributed by atoms with Crippen molar-refractivity contribution >= 4 is 5.91 Å². The van der Waals surface area contributed by atoms with E-state index in [1.165, 1.54) is 109 Å². The molecule has 0 bridgehead atoms. The Hall–Kier alpha value is -4.07. The summed E-state index contributed by atoms with van der Waals surface area (Å²) in [5.74, 6) is -0.347. The van der Waals surface area contributed by atoms with Crippen LogP contribution in [0.3, 0.4) is 0 Å². The van der Waals surface area contributed by atoms with Gasteiger partial charge >= 0.3 is 0 Å². The van der Waals surface area contributed by atoms with Crippen molar-refractivity contribution in [3.05, 3.63) is 134 Å². The maximum absolute atomic E-state index is 13.4. The van der Waals surface area contributed by atoms with Crippen molar-refractivity contribution in [2.24, 2.45) is 0 Å². The Morgan fingerprint density at radius 1 is 0.378 bits per heavy atom. The van der Waals surface area contributed by atoms with Gasteiger partial charge in [0.25, 0.3) is 0 Å². The van der Waals surface area contributed by atoms with Gasteiger partial charge in [0.1, 0.15) is 73.2 Å². The van der Waals surface area contributed by atoms with Gasteiger partial charge in [-0.05, 0) is 96.3 Å². The number of nitrogens with one attached hydrogen (secondary N) is 1. The van der Waals surface area contributed by atoms with Crippen LogP contribution in [0.5, 0.6) is 0 Å². The number of ether oxygens (including phenoxy) is 6. The van der Waals surface area contributed by atoms with E-state index in [0.717, 1.165) is 77.0 Å². The lowest BCUT2D eigenvalue weighted by atomic mass is 9.96. The molecule has 17 unspecified atom stereocenters. The van der Waals surface area contributed by atoms with Crippen molar-refractivity contribution in [3.63, 3.8) is 0 Å². The van der Waals surface area contributed by atoms with Gasteiger partial charge in [0.2, 0.25) is 5.91 Å². The van der Waals surface area contributed by atoms with E-state index < -0.39 is 131 Å². The predicted molar refractivity (Wildman–Crippen MR) is 387 cm³/mol. The molecule has 3 fully saturated rings. The van der Waals surface area contributed by atoms with Crippen LogP contribution in [0.25, 0.3) is 0 Å². The number of allylic oxidation sites excluding steroid dienone is 21. The summed E-state index contributed by atoms with van der Waals surface area (Å²) in [6.07, 6.45) is 55.8. The number of rotatable bonds is 56. The summed E-state index contributed by atoms with van der Waals surface area (Å²) in [7, 11) is 0. The van der Waals surface area contributed by atoms with E-state index in [9.17, 15) is 61.0 Å². The molecule has 1 amide bonds. The molecule has 0 aliphatic carbocycles. The van der Waals surface area contributed by atoms with E-state index >= 15 is 0 Å². The summed E-state index contributed by atoms with van der Waals surface area (Å²) in [5, 5.41) is 121. The Morgan fingerprint density at radius 2 is 0.714 bits per heavy atom. The zero-order chi connectivity index (χ0) is 71.1. The minimum Gasteiger partial charge on any atom is -0.394 e. The highest BCUT2D eigenvalue weighted by Crippen LogP contribution is 2.33. The van der Waals surface area contributed by atoms with Crippen molar-refractivity contribution in [2.45, 2.75) is 330 Å². The van der Waals surface area contributed by atoms with E-state index in [0.29, 0.717) is 19.3 Å². The van der Waals surface area contributed by atoms with Crippen LogP contribution < -0.4 is 5.32 Å². The predicted octanol–water partition coefficient (Wildman–Crippen LogP) is 11.3. The SMILES string of the molecule is CC/C=C\C/C=C\C/C=C\C/C=C\C/C=C\C/C=C\C/C=C\C/C=C\C/C=C\CCCC(=O)NC(COC1OC(CO)C(OC2OC(CO)C(OC3OC(CO)C(O)C(O)C3O)C(O)C2O)C(O)C1O)C(O)/C=C/CC/C=C/CCCCCCCCCCCCCCCCCCCC. The van der Waals surface area contributed by atoms with Crippen LogP contribution in [0.1, 0.15) is 226 Å². The molecule has 12 N–H and O–H groups in total. The highest BCUT2D eigenvalue weighted by molar-refractivity contribution is 5.76. The lowest BCUT2D eigenvalue weighted by Gasteiger charge is -2.48. The molecule has 3 heterocycles. The minimum absolute atomic E-state index is 0.146. The average molecular weight is 1380 g/mol. The first kappa shape index (κ1) is 88.1. The van der Waals surface area contributed by atoms with Crippen molar-refractivity contribution in [1.82, 2.24) is 5.32 Å². The lowest BCUT2D eigenvalue weighted by molar-refractivity contribution is -0.379. The molecule has 0 saturated carbocycles. The van der Waals surface area contributed by atoms with E-state index in [1.54, 1.807) is 6.08 Å². The first-order valence-electron chi connectivity index (χ1n) is 37.4. The van der Waals surface area contributed by atoms with Gasteiger partial charge in [0, 0.05) is 6.42 Å². The molecule has 0 spiro atoms. The largest absolute Gasteiger partial charge is 0.394 e. The Kier molecular flexibility index (Phi) is 52.6. The quantitative estimate of drug-likeness (QED) is 0.0199. The van der Waals surface area contributed by atoms with Crippen LogP contribution in [-0.4, -0.2) is 193 Å². The maximum atomic E-state index is 13.4. The Labute approximate surface area is 588 Å². The third kappa shape index (κ3) is 38.8. The summed E-state index contributed by atoms with van der Waals surface area (Å²) >= 11 is 0. The number of amides is 1. The van der Waals surface area contributed by atoms with Gasteiger partial charge < -0.3 is 89.9 Å². The van der Waals surface area contributed by atoms with Crippen molar-refractivity contribution in [1.29, 1.82) is 0 Å². The van der Waals surface area contributed by atoms with E-state index in [4.69, 9.17) is 28.4 Å². The number of hydrogen-bond donors (Lipinski definition) is 12. The number of carbonyl (C=O) groups is 1. The molecule has 3 aliphatic heterocycles. The summed E-state index contributed by atoms with van der Waals surface area (Å²) in [6.45, 7) is 1.56. The highest BCUT2D eigenvalue weighted by atomic mass is 16.8. The second-order valence-electron chi connectivity index (χ2n) is 26.0. The van der Waals surface area contributed by atoms with Crippen molar-refractivity contribution < 1.29 is 89.4 Å². The third-order valence-corrected chi connectivity index (χ3v) is 17.7. The van der Waals surface area contributed by atoms with Gasteiger partial charge in [-0.2, -0.15) is 0 Å². The molecule has 3 aliphatic rings. The maximum Gasteiger partial charge on any atom is 0.220 e. The van der Waals surface area contributed by atoms with Gasteiger partial charge in [-0.25, -0.2) is 0 Å². The zero-order valence-corrected chi connectivity index (χ0v) is 59.5. The van der Waals surface area contributed by atoms with Crippen molar-refractivity contribution in [3.8, 4) is 0 Å². The van der Waals surface area contributed by atoms with Crippen LogP contribution in [0.4, 0.5) is 0 Å². The van der Waals surface area contributed by atoms with Gasteiger partial charge in [-0.3, -0.25) is 4.79 Å². The second-order valence-corrected chi connectivity index (χ2v) is 26.0. The van der Waals surface area contributed by atoms with Crippen LogP contribution in [0.15, 0.2) is 134 Å². The molecule has 0 aromatic heterocycles. The topological polar surface area (TPSA) is 307 Å². The molecule has 0 radical (unpaired) electrons. The minimum atomic E-state index is -1.99. The van der Waals surface area contributed by atoms with Crippen LogP contribution >= 0.6 is 0 Å². The summed E-state index contributed by atoms with van der Waals surface area (Å²) in [4.78, 5) is 13.4. The smallest absolute Gasteiger partial charge is 0.220 e. The number of aliphatic hydroxyl groups excluding tert-OH is 11. The van der Waals surface area contributed by atoms with Crippen LogP contribution in [0.2, 0.25) is 0 Å². The molecule has 98 heavy (non-hydrogen) atoms. The zero-order valence-electron chi connectivity index (χ0n) is 59.5. The van der Waals surface area contributed by atoms with Gasteiger partial charge in [-0.15, -0.1) is 0 Å². The summed E-state index contributed by atoms with van der Waals surface area (Å²) < 4.78 is 34.3. The molecular formula is C79H131NO18. The summed E-state index contributed by atoms with van der Waals surface area (Å²) in [6, 6.07) is -1.03. The average Bonchev–Trinajstić information content (AvgIpc) is 0.784. The van der Waals surface area contributed by atoms with Crippen LogP contribution in [-0.2, 0) is 33.2 Å². The molecule has 0 aromatic carbocycles. The Morgan fingerprint density at radius 3 is 1.14 bits per heavy atom. The lowest BCUT2D eigenvalue weighted by Crippen LogP contribution is -2.66. The number of hydrogen-bond acceptors (Lipinski definition) is 18. The Bertz CT molecular complexity index is 2290. The first-order valence-corrected chi connectivity index (χ1v) is 37.4. The molecule has 3 saturated heterocycles. The fourth-order valence-corrected chi connectivity index (χ4v) is 11.7. The number of unbranched alkanes of at least 4 members (excludes halogenated alkanes) is 20. The third-order valence-electron chi connectivity index (χ3n) is 17.7. The molecule has 560 valence electrons. The fraction of sp³-hybridized carbons (Fsp3) is 0.709. The Balaban J connectivity index is 1.45. The molecule has 19 nitrogen and oxygen atoms in total. The normalized spacial score (nSPS) is 27.5. The number of carbonyl (C=O) groups excluding carboxylic acids is 1. The van der Waals surface area contributed by atoms with E-state index in [-0.39, 0.29) is 12.3 Å². The second kappa shape index (κ2) is 58.4. The standard InChI is InChI=1S/C79H131NO18/c1-3-5-7-9-11-13-15-17-19-21-23-25-27-29-30-31-32-33-35-37-39-41-43-45-47-49-51-53-55-57-67(85)80-62(63(84)56-54-52-50-48-46-44-42-40-38-36-34-28-26-24-22-20-18-16-14-12-10-8-6-4-2)61-93-77-73(91)70(88)75(65(59-82)95-77)98-79-74(92)71(89)76(66(60-83)96-79)97-78-72(90)69(87)68(86)64(58-81)94-78/h5,7,11,13,17,19,23,25,29-30,32-33,37,39,43,45-46,48-49,51,54,56,62-66,68-79,81-84,86-92H,3-4,6,8-10,12,14-16,18,20-22,24,26-28,31,34-36,38,40-42,44,47,50,52-53,55,57-61H2,1-2H3,(H,80,85)/b7-5-,13-11-,19-17-,25-23-,30-29-,33-32-,39-37-,45-43-,48-46+,51-49-,56-54+. The van der Waals surface area contributed by atoms with Crippen molar-refractivity contribution in [2.75, 3.05) is 26.4 Å². The first-order chi connectivity index (χ1) is 47.8. The monoisotopic (exact) mass is 1380 g/mol. The number of aliphatic hydroxyl groups is 11. The van der Waals surface area contributed by atoms with Gasteiger partial charge in [0.05, 0.1) is 38.6 Å². The molecular weight excluding hydrogens is 1250 g/mol. The molecule has 17 atom stereocenters.